The third-order valence-corrected chi connectivity index (χ3v) is 4.81. The number of hydrogen-bond acceptors (Lipinski definition) is 5. The van der Waals surface area contributed by atoms with E-state index in [1.165, 1.54) is 0 Å². The van der Waals surface area contributed by atoms with E-state index in [4.69, 9.17) is 18.9 Å². The lowest BCUT2D eigenvalue weighted by Crippen LogP contribution is -2.14. The van der Waals surface area contributed by atoms with Crippen molar-refractivity contribution in [3.63, 3.8) is 0 Å². The first-order chi connectivity index (χ1) is 14.2. The smallest absolute Gasteiger partial charge is 0.165 e. The number of benzene rings is 3. The first kappa shape index (κ1) is 20.6. The number of para-hydroxylation sites is 1. The molecule has 0 unspecified atom stereocenters. The summed E-state index contributed by atoms with van der Waals surface area (Å²) in [5.74, 6) is 2.90. The number of methoxy groups -OCH3 is 4. The minimum absolute atomic E-state index is 0.642. The molecule has 1 N–H and O–H groups in total. The minimum atomic E-state index is 0.642. The van der Waals surface area contributed by atoms with Crippen LogP contribution in [0.3, 0.4) is 0 Å². The van der Waals surface area contributed by atoms with Gasteiger partial charge in [0.15, 0.2) is 23.0 Å². The number of nitrogens with one attached hydrogen (secondary N) is 1. The molecular formula is C24H27NO4. The third kappa shape index (κ3) is 4.63. The van der Waals surface area contributed by atoms with Gasteiger partial charge in [-0.15, -0.1) is 0 Å². The fraction of sp³-hybridized carbons (Fsp3) is 0.250. The highest BCUT2D eigenvalue weighted by atomic mass is 16.5. The first-order valence-corrected chi connectivity index (χ1v) is 9.42. The summed E-state index contributed by atoms with van der Waals surface area (Å²) in [5, 5.41) is 3.51. The van der Waals surface area contributed by atoms with Crippen molar-refractivity contribution < 1.29 is 18.9 Å². The van der Waals surface area contributed by atoms with Gasteiger partial charge in [-0.25, -0.2) is 0 Å². The van der Waals surface area contributed by atoms with Crippen LogP contribution >= 0.6 is 0 Å². The first-order valence-electron chi connectivity index (χ1n) is 9.42. The van der Waals surface area contributed by atoms with Crippen molar-refractivity contribution in [1.29, 1.82) is 0 Å². The normalized spacial score (nSPS) is 10.5. The maximum atomic E-state index is 5.53. The zero-order valence-corrected chi connectivity index (χ0v) is 17.3. The van der Waals surface area contributed by atoms with Crippen molar-refractivity contribution in [3.05, 3.63) is 71.8 Å². The summed E-state index contributed by atoms with van der Waals surface area (Å²) in [6.07, 6.45) is 0. The van der Waals surface area contributed by atoms with Gasteiger partial charge in [-0.05, 0) is 34.9 Å². The summed E-state index contributed by atoms with van der Waals surface area (Å²) in [4.78, 5) is 0. The van der Waals surface area contributed by atoms with Gasteiger partial charge in [0.05, 0.1) is 28.4 Å². The second kappa shape index (κ2) is 9.85. The van der Waals surface area contributed by atoms with Crippen LogP contribution in [0.1, 0.15) is 11.1 Å². The lowest BCUT2D eigenvalue weighted by atomic mass is 9.98. The molecule has 0 saturated carbocycles. The molecule has 0 fully saturated rings. The van der Waals surface area contributed by atoms with Crippen LogP contribution in [0, 0.1) is 0 Å². The number of hydrogen-bond donors (Lipinski definition) is 1. The molecule has 29 heavy (non-hydrogen) atoms. The highest BCUT2D eigenvalue weighted by molar-refractivity contribution is 5.71. The molecule has 5 nitrogen and oxygen atoms in total. The van der Waals surface area contributed by atoms with E-state index in [2.05, 4.69) is 17.4 Å². The van der Waals surface area contributed by atoms with Crippen molar-refractivity contribution in [2.24, 2.45) is 0 Å². The van der Waals surface area contributed by atoms with Crippen LogP contribution in [0.5, 0.6) is 23.0 Å². The summed E-state index contributed by atoms with van der Waals surface area (Å²) in [6, 6.07) is 20.2. The summed E-state index contributed by atoms with van der Waals surface area (Å²) < 4.78 is 21.9. The van der Waals surface area contributed by atoms with Crippen LogP contribution in [0.15, 0.2) is 60.7 Å². The van der Waals surface area contributed by atoms with Crippen molar-refractivity contribution in [3.8, 4) is 34.1 Å². The second-order valence-corrected chi connectivity index (χ2v) is 6.49. The van der Waals surface area contributed by atoms with Crippen molar-refractivity contribution in [2.45, 2.75) is 13.1 Å². The van der Waals surface area contributed by atoms with Gasteiger partial charge in [-0.3, -0.25) is 0 Å². The zero-order valence-electron chi connectivity index (χ0n) is 17.3. The van der Waals surface area contributed by atoms with Gasteiger partial charge >= 0.3 is 0 Å². The van der Waals surface area contributed by atoms with Crippen molar-refractivity contribution >= 4 is 0 Å². The van der Waals surface area contributed by atoms with Gasteiger partial charge in [-0.1, -0.05) is 42.5 Å². The molecule has 0 spiro atoms. The Kier molecular flexibility index (Phi) is 6.98. The molecule has 0 aromatic heterocycles. The molecular weight excluding hydrogens is 366 g/mol. The highest BCUT2D eigenvalue weighted by Gasteiger charge is 2.14. The average Bonchev–Trinajstić information content (AvgIpc) is 2.78. The SMILES string of the molecule is COc1cc(CNCc2cccc(OC)c2OC)c(-c2ccccc2)cc1OC. The van der Waals surface area contributed by atoms with Gasteiger partial charge in [0, 0.05) is 18.7 Å². The molecule has 152 valence electrons. The fourth-order valence-corrected chi connectivity index (χ4v) is 3.38. The summed E-state index contributed by atoms with van der Waals surface area (Å²) in [6.45, 7) is 1.30. The van der Waals surface area contributed by atoms with E-state index in [-0.39, 0.29) is 0 Å². The summed E-state index contributed by atoms with van der Waals surface area (Å²) in [5.41, 5.74) is 4.39. The van der Waals surface area contributed by atoms with Gasteiger partial charge in [0.25, 0.3) is 0 Å². The molecule has 0 saturated heterocycles. The van der Waals surface area contributed by atoms with Crippen molar-refractivity contribution in [1.82, 2.24) is 5.32 Å². The molecule has 3 aromatic carbocycles. The molecule has 0 radical (unpaired) electrons. The van der Waals surface area contributed by atoms with E-state index in [9.17, 15) is 0 Å². The van der Waals surface area contributed by atoms with Gasteiger partial charge in [0.2, 0.25) is 0 Å². The Morgan fingerprint density at radius 2 is 1.28 bits per heavy atom. The van der Waals surface area contributed by atoms with Crippen LogP contribution in [-0.2, 0) is 13.1 Å². The molecule has 0 aliphatic rings. The average molecular weight is 393 g/mol. The van der Waals surface area contributed by atoms with Gasteiger partial charge in [-0.2, -0.15) is 0 Å². The minimum Gasteiger partial charge on any atom is -0.493 e. The maximum Gasteiger partial charge on any atom is 0.165 e. The summed E-state index contributed by atoms with van der Waals surface area (Å²) >= 11 is 0. The molecule has 0 heterocycles. The lowest BCUT2D eigenvalue weighted by molar-refractivity contribution is 0.350. The van der Waals surface area contributed by atoms with Crippen LogP contribution in [0.25, 0.3) is 11.1 Å². The van der Waals surface area contributed by atoms with Crippen LogP contribution in [-0.4, -0.2) is 28.4 Å². The van der Waals surface area contributed by atoms with Gasteiger partial charge < -0.3 is 24.3 Å². The molecule has 3 aromatic rings. The van der Waals surface area contributed by atoms with E-state index < -0.39 is 0 Å². The quantitative estimate of drug-likeness (QED) is 0.572. The summed E-state index contributed by atoms with van der Waals surface area (Å²) in [7, 11) is 6.60. The van der Waals surface area contributed by atoms with Gasteiger partial charge in [0.1, 0.15) is 0 Å². The Bertz CT molecular complexity index is 941. The molecule has 0 bridgehead atoms. The molecule has 0 atom stereocenters. The van der Waals surface area contributed by atoms with Crippen molar-refractivity contribution in [2.75, 3.05) is 28.4 Å². The third-order valence-electron chi connectivity index (χ3n) is 4.81. The van der Waals surface area contributed by atoms with E-state index in [0.29, 0.717) is 24.6 Å². The van der Waals surface area contributed by atoms with Crippen LogP contribution < -0.4 is 24.3 Å². The Labute approximate surface area is 172 Å². The Morgan fingerprint density at radius 3 is 1.93 bits per heavy atom. The maximum absolute atomic E-state index is 5.53. The Hall–Kier alpha value is -3.18. The Balaban J connectivity index is 1.87. The number of ether oxygens (including phenoxy) is 4. The molecule has 5 heteroatoms. The fourth-order valence-electron chi connectivity index (χ4n) is 3.38. The standard InChI is InChI=1S/C24H27NO4/c1-26-21-12-8-11-18(24(21)29-4)15-25-16-19-13-22(27-2)23(28-3)14-20(19)17-9-6-5-7-10-17/h5-14,25H,15-16H2,1-4H3. The topological polar surface area (TPSA) is 49.0 Å². The number of rotatable bonds is 9. The zero-order chi connectivity index (χ0) is 20.6. The molecule has 3 rings (SSSR count). The molecule has 0 aliphatic heterocycles. The van der Waals surface area contributed by atoms with Crippen LogP contribution in [0.4, 0.5) is 0 Å². The molecule has 0 aliphatic carbocycles. The van der Waals surface area contributed by atoms with E-state index >= 15 is 0 Å². The van der Waals surface area contributed by atoms with Crippen LogP contribution in [0.2, 0.25) is 0 Å². The molecule has 0 amide bonds. The Morgan fingerprint density at radius 1 is 0.621 bits per heavy atom. The predicted molar refractivity (Wildman–Crippen MR) is 115 cm³/mol. The largest absolute Gasteiger partial charge is 0.493 e. The van der Waals surface area contributed by atoms with E-state index in [0.717, 1.165) is 33.8 Å². The monoisotopic (exact) mass is 393 g/mol. The highest BCUT2D eigenvalue weighted by Crippen LogP contribution is 2.36. The van der Waals surface area contributed by atoms with E-state index in [1.54, 1.807) is 28.4 Å². The lowest BCUT2D eigenvalue weighted by Gasteiger charge is -2.17. The predicted octanol–water partition coefficient (Wildman–Crippen LogP) is 4.68. The second-order valence-electron chi connectivity index (χ2n) is 6.49. The van der Waals surface area contributed by atoms with E-state index in [1.807, 2.05) is 48.5 Å².